The van der Waals surface area contributed by atoms with Gasteiger partial charge in [-0.15, -0.1) is 0 Å². The smallest absolute Gasteiger partial charge is 0.383 e. The molecule has 0 spiro atoms. The van der Waals surface area contributed by atoms with Crippen LogP contribution in [0.15, 0.2) is 24.3 Å². The summed E-state index contributed by atoms with van der Waals surface area (Å²) >= 11 is 0. The molecule has 1 aliphatic heterocycles. The van der Waals surface area contributed by atoms with Gasteiger partial charge >= 0.3 is 6.18 Å². The molecule has 2 nitrogen and oxygen atoms in total. The normalized spacial score (nSPS) is 25.1. The molecule has 1 saturated heterocycles. The molecule has 2 aliphatic rings. The van der Waals surface area contributed by atoms with Crippen LogP contribution in [0.5, 0.6) is 0 Å². The van der Waals surface area contributed by atoms with Crippen molar-refractivity contribution in [2.75, 3.05) is 19.6 Å². The van der Waals surface area contributed by atoms with Crippen molar-refractivity contribution in [2.45, 2.75) is 50.3 Å². The summed E-state index contributed by atoms with van der Waals surface area (Å²) in [4.78, 5) is 2.27. The number of aryl methyl sites for hydroxylation is 1. The van der Waals surface area contributed by atoms with Crippen LogP contribution in [-0.4, -0.2) is 41.9 Å². The van der Waals surface area contributed by atoms with Crippen molar-refractivity contribution in [3.8, 4) is 0 Å². The van der Waals surface area contributed by atoms with Gasteiger partial charge in [0.15, 0.2) is 6.10 Å². The summed E-state index contributed by atoms with van der Waals surface area (Å²) in [5, 5.41) is 9.40. The highest BCUT2D eigenvalue weighted by atomic mass is 19.4. The zero-order chi connectivity index (χ0) is 16.4. The topological polar surface area (TPSA) is 23.5 Å². The lowest BCUT2D eigenvalue weighted by Gasteiger charge is -2.37. The Morgan fingerprint density at radius 3 is 2.52 bits per heavy atom. The number of rotatable bonds is 3. The van der Waals surface area contributed by atoms with Crippen molar-refractivity contribution in [3.05, 3.63) is 35.4 Å². The summed E-state index contributed by atoms with van der Waals surface area (Å²) in [6.45, 7) is 2.22. The Morgan fingerprint density at radius 1 is 1.13 bits per heavy atom. The maximum atomic E-state index is 12.6. The number of aliphatic hydroxyl groups is 1. The van der Waals surface area contributed by atoms with Crippen molar-refractivity contribution in [2.24, 2.45) is 5.92 Å². The summed E-state index contributed by atoms with van der Waals surface area (Å²) in [5.41, 5.74) is 2.84. The quantitative estimate of drug-likeness (QED) is 0.914. The van der Waals surface area contributed by atoms with E-state index in [0.717, 1.165) is 19.4 Å². The average Bonchev–Trinajstić information content (AvgIpc) is 2.54. The number of hydrogen-bond acceptors (Lipinski definition) is 2. The molecule has 2 atom stereocenters. The Morgan fingerprint density at radius 2 is 1.83 bits per heavy atom. The van der Waals surface area contributed by atoms with Crippen molar-refractivity contribution in [3.63, 3.8) is 0 Å². The highest BCUT2D eigenvalue weighted by Gasteiger charge is 2.44. The van der Waals surface area contributed by atoms with Gasteiger partial charge in [-0.3, -0.25) is 0 Å². The predicted octanol–water partition coefficient (Wildman–Crippen LogP) is 3.74. The van der Waals surface area contributed by atoms with Crippen LogP contribution in [0.3, 0.4) is 0 Å². The van der Waals surface area contributed by atoms with Crippen molar-refractivity contribution in [1.82, 2.24) is 4.90 Å². The van der Waals surface area contributed by atoms with E-state index < -0.39 is 18.2 Å². The maximum absolute atomic E-state index is 12.6. The van der Waals surface area contributed by atoms with E-state index in [0.29, 0.717) is 31.8 Å². The van der Waals surface area contributed by atoms with Gasteiger partial charge in [-0.1, -0.05) is 24.3 Å². The third-order valence-corrected chi connectivity index (χ3v) is 5.39. The molecular formula is C18H24F3NO. The van der Waals surface area contributed by atoms with Gasteiger partial charge in [0.25, 0.3) is 0 Å². The van der Waals surface area contributed by atoms with Crippen LogP contribution in [0.1, 0.15) is 42.7 Å². The van der Waals surface area contributed by atoms with Crippen molar-refractivity contribution in [1.29, 1.82) is 0 Å². The summed E-state index contributed by atoms with van der Waals surface area (Å²) in [6.07, 6.45) is -2.33. The fourth-order valence-corrected chi connectivity index (χ4v) is 4.07. The molecule has 1 fully saturated rings. The van der Waals surface area contributed by atoms with Gasteiger partial charge in [-0.25, -0.2) is 0 Å². The highest BCUT2D eigenvalue weighted by Crippen LogP contribution is 2.35. The van der Waals surface area contributed by atoms with Crippen LogP contribution in [-0.2, 0) is 6.42 Å². The number of likely N-dealkylation sites (tertiary alicyclic amines) is 1. The molecule has 0 bridgehead atoms. The highest BCUT2D eigenvalue weighted by molar-refractivity contribution is 5.32. The van der Waals surface area contributed by atoms with E-state index in [4.69, 9.17) is 0 Å². The minimum Gasteiger partial charge on any atom is -0.383 e. The summed E-state index contributed by atoms with van der Waals surface area (Å²) in [5.74, 6) is -0.158. The molecule has 5 heteroatoms. The Labute approximate surface area is 135 Å². The summed E-state index contributed by atoms with van der Waals surface area (Å²) in [7, 11) is 0. The molecule has 128 valence electrons. The summed E-state index contributed by atoms with van der Waals surface area (Å²) < 4.78 is 37.8. The van der Waals surface area contributed by atoms with Gasteiger partial charge in [-0.05, 0) is 68.2 Å². The molecule has 0 saturated carbocycles. The number of nitrogens with zero attached hydrogens (tertiary/aromatic N) is 1. The van der Waals surface area contributed by atoms with Gasteiger partial charge in [-0.2, -0.15) is 13.2 Å². The first kappa shape index (κ1) is 16.8. The molecular weight excluding hydrogens is 303 g/mol. The number of benzene rings is 1. The van der Waals surface area contributed by atoms with Gasteiger partial charge in [0.1, 0.15) is 0 Å². The first-order valence-corrected chi connectivity index (χ1v) is 8.50. The molecule has 0 aromatic heterocycles. The number of piperidine rings is 1. The summed E-state index contributed by atoms with van der Waals surface area (Å²) in [6, 6.07) is 8.53. The lowest BCUT2D eigenvalue weighted by atomic mass is 9.82. The molecule has 1 N–H and O–H groups in total. The van der Waals surface area contributed by atoms with Crippen LogP contribution >= 0.6 is 0 Å². The number of hydrogen-bond donors (Lipinski definition) is 1. The van der Waals surface area contributed by atoms with Crippen molar-refractivity contribution >= 4 is 0 Å². The lowest BCUT2D eigenvalue weighted by Crippen LogP contribution is -2.44. The molecule has 2 unspecified atom stereocenters. The Hall–Kier alpha value is -1.07. The van der Waals surface area contributed by atoms with Crippen LogP contribution in [0.2, 0.25) is 0 Å². The second kappa shape index (κ2) is 6.81. The van der Waals surface area contributed by atoms with E-state index in [9.17, 15) is 18.3 Å². The Kier molecular flexibility index (Phi) is 4.97. The molecule has 1 heterocycles. The van der Waals surface area contributed by atoms with E-state index in [1.54, 1.807) is 0 Å². The van der Waals surface area contributed by atoms with Gasteiger partial charge in [0.05, 0.1) is 0 Å². The zero-order valence-corrected chi connectivity index (χ0v) is 13.2. The van der Waals surface area contributed by atoms with Crippen molar-refractivity contribution < 1.29 is 18.3 Å². The minimum absolute atomic E-state index is 0.426. The average molecular weight is 327 g/mol. The molecule has 1 aliphatic carbocycles. The van der Waals surface area contributed by atoms with Crippen LogP contribution in [0, 0.1) is 5.92 Å². The second-order valence-electron chi connectivity index (χ2n) is 6.91. The largest absolute Gasteiger partial charge is 0.414 e. The monoisotopic (exact) mass is 327 g/mol. The SMILES string of the molecule is OC(C1CCN(CC2CCCc3ccccc32)CC1)C(F)(F)F. The van der Waals surface area contributed by atoms with E-state index in [-0.39, 0.29) is 0 Å². The van der Waals surface area contributed by atoms with Gasteiger partial charge in [0.2, 0.25) is 0 Å². The third-order valence-electron chi connectivity index (χ3n) is 5.39. The minimum atomic E-state index is -4.49. The lowest BCUT2D eigenvalue weighted by molar-refractivity contribution is -0.223. The molecule has 0 radical (unpaired) electrons. The first-order valence-electron chi connectivity index (χ1n) is 8.50. The third kappa shape index (κ3) is 3.89. The molecule has 1 aromatic rings. The van der Waals surface area contributed by atoms with E-state index in [1.807, 2.05) is 0 Å². The Bertz CT molecular complexity index is 523. The second-order valence-corrected chi connectivity index (χ2v) is 6.91. The predicted molar refractivity (Wildman–Crippen MR) is 83.3 cm³/mol. The van der Waals surface area contributed by atoms with Crippen LogP contribution in [0.4, 0.5) is 13.2 Å². The molecule has 1 aromatic carbocycles. The number of fused-ring (bicyclic) bond motifs is 1. The first-order chi connectivity index (χ1) is 10.9. The zero-order valence-electron chi connectivity index (χ0n) is 13.2. The number of halogens is 3. The van der Waals surface area contributed by atoms with Gasteiger partial charge < -0.3 is 10.0 Å². The molecule has 3 rings (SSSR count). The molecule has 0 amide bonds. The Balaban J connectivity index is 1.56. The van der Waals surface area contributed by atoms with Crippen LogP contribution < -0.4 is 0 Å². The number of alkyl halides is 3. The number of aliphatic hydroxyl groups excluding tert-OH is 1. The van der Waals surface area contributed by atoms with Gasteiger partial charge in [0, 0.05) is 6.54 Å². The van der Waals surface area contributed by atoms with E-state index in [1.165, 1.54) is 17.5 Å². The molecule has 23 heavy (non-hydrogen) atoms. The standard InChI is InChI=1S/C18H24F3NO/c19-18(20,21)17(23)14-8-10-22(11-9-14)12-15-6-3-5-13-4-1-2-7-16(13)15/h1-2,4,7,14-15,17,23H,3,5-6,8-12H2. The van der Waals surface area contributed by atoms with E-state index in [2.05, 4.69) is 29.2 Å². The maximum Gasteiger partial charge on any atom is 0.414 e. The van der Waals surface area contributed by atoms with E-state index >= 15 is 0 Å². The fraction of sp³-hybridized carbons (Fsp3) is 0.667. The fourth-order valence-electron chi connectivity index (χ4n) is 4.07. The van der Waals surface area contributed by atoms with Crippen LogP contribution in [0.25, 0.3) is 0 Å².